The Kier molecular flexibility index (Phi) is 3.42. The summed E-state index contributed by atoms with van der Waals surface area (Å²) < 4.78 is 5.28. The third-order valence-corrected chi connectivity index (χ3v) is 2.47. The molecule has 0 aliphatic heterocycles. The van der Waals surface area contributed by atoms with E-state index in [1.54, 1.807) is 6.20 Å². The van der Waals surface area contributed by atoms with Gasteiger partial charge in [-0.3, -0.25) is 4.79 Å². The molecule has 0 aliphatic carbocycles. The lowest BCUT2D eigenvalue weighted by atomic mass is 10.1. The Morgan fingerprint density at radius 2 is 2.38 bits per heavy atom. The molecule has 70 valence electrons. The number of hydrogen-bond acceptors (Lipinski definition) is 3. The van der Waals surface area contributed by atoms with Crippen LogP contribution < -0.4 is 0 Å². The first kappa shape index (κ1) is 10.2. The van der Waals surface area contributed by atoms with Gasteiger partial charge in [-0.05, 0) is 40.0 Å². The van der Waals surface area contributed by atoms with E-state index in [1.807, 2.05) is 13.0 Å². The largest absolute Gasteiger partial charge is 0.469 e. The molecule has 0 fully saturated rings. The summed E-state index contributed by atoms with van der Waals surface area (Å²) in [5, 5.41) is 0. The monoisotopic (exact) mass is 243 g/mol. The smallest absolute Gasteiger partial charge is 0.310 e. The zero-order chi connectivity index (χ0) is 9.84. The maximum Gasteiger partial charge on any atom is 0.310 e. The molecule has 0 bridgehead atoms. The van der Waals surface area contributed by atoms with Crippen LogP contribution in [0.3, 0.4) is 0 Å². The number of hydrogen-bond donors (Lipinski definition) is 0. The number of esters is 1. The fourth-order valence-electron chi connectivity index (χ4n) is 0.985. The minimum Gasteiger partial charge on any atom is -0.469 e. The second-order valence-electron chi connectivity index (χ2n) is 2.65. The summed E-state index contributed by atoms with van der Waals surface area (Å²) in [4.78, 5) is 15.1. The number of rotatable bonds is 2. The molecular formula is C9H10BrNO2. The van der Waals surface area contributed by atoms with Crippen LogP contribution in [0.1, 0.15) is 11.1 Å². The molecule has 4 heteroatoms. The van der Waals surface area contributed by atoms with Crippen molar-refractivity contribution in [3.05, 3.63) is 28.0 Å². The van der Waals surface area contributed by atoms with Crippen LogP contribution in [0.4, 0.5) is 0 Å². The van der Waals surface area contributed by atoms with Crippen LogP contribution in [-0.4, -0.2) is 18.1 Å². The Labute approximate surface area is 85.3 Å². The van der Waals surface area contributed by atoms with Gasteiger partial charge in [0.2, 0.25) is 0 Å². The molecule has 0 aliphatic rings. The molecule has 0 radical (unpaired) electrons. The van der Waals surface area contributed by atoms with Crippen molar-refractivity contribution >= 4 is 21.9 Å². The molecule has 0 unspecified atom stereocenters. The van der Waals surface area contributed by atoms with Gasteiger partial charge in [-0.25, -0.2) is 4.98 Å². The first-order chi connectivity index (χ1) is 6.15. The minimum absolute atomic E-state index is 0.253. The number of methoxy groups -OCH3 is 1. The van der Waals surface area contributed by atoms with Gasteiger partial charge < -0.3 is 4.74 Å². The number of nitrogens with zero attached hydrogens (tertiary/aromatic N) is 1. The van der Waals surface area contributed by atoms with Crippen molar-refractivity contribution < 1.29 is 9.53 Å². The highest BCUT2D eigenvalue weighted by Gasteiger charge is 2.09. The highest BCUT2D eigenvalue weighted by Crippen LogP contribution is 2.17. The Morgan fingerprint density at radius 3 is 2.92 bits per heavy atom. The van der Waals surface area contributed by atoms with Crippen LogP contribution in [0.25, 0.3) is 0 Å². The van der Waals surface area contributed by atoms with E-state index in [2.05, 4.69) is 25.7 Å². The number of halogens is 1. The molecule has 0 spiro atoms. The molecule has 1 rings (SSSR count). The molecule has 13 heavy (non-hydrogen) atoms. The highest BCUT2D eigenvalue weighted by molar-refractivity contribution is 9.10. The van der Waals surface area contributed by atoms with Crippen LogP contribution in [0.2, 0.25) is 0 Å². The van der Waals surface area contributed by atoms with Gasteiger partial charge in [0.1, 0.15) is 4.60 Å². The van der Waals surface area contributed by atoms with Gasteiger partial charge in [0.15, 0.2) is 0 Å². The maximum atomic E-state index is 11.0. The molecule has 3 nitrogen and oxygen atoms in total. The first-order valence-corrected chi connectivity index (χ1v) is 4.61. The third kappa shape index (κ3) is 2.52. The third-order valence-electron chi connectivity index (χ3n) is 1.79. The Morgan fingerprint density at radius 1 is 1.69 bits per heavy atom. The summed E-state index contributed by atoms with van der Waals surface area (Å²) in [5.74, 6) is -0.253. The molecule has 0 aromatic carbocycles. The van der Waals surface area contributed by atoms with Gasteiger partial charge in [0.25, 0.3) is 0 Å². The Bertz CT molecular complexity index is 305. The van der Waals surface area contributed by atoms with Crippen LogP contribution >= 0.6 is 15.9 Å². The Hall–Kier alpha value is -0.900. The predicted molar refractivity (Wildman–Crippen MR) is 52.4 cm³/mol. The molecule has 0 N–H and O–H groups in total. The van der Waals surface area contributed by atoms with E-state index in [9.17, 15) is 4.79 Å². The molecule has 0 amide bonds. The summed E-state index contributed by atoms with van der Waals surface area (Å²) in [5.41, 5.74) is 1.92. The molecule has 1 aromatic rings. The van der Waals surface area contributed by atoms with E-state index >= 15 is 0 Å². The molecule has 0 saturated heterocycles. The van der Waals surface area contributed by atoms with Crippen molar-refractivity contribution in [2.24, 2.45) is 0 Å². The lowest BCUT2D eigenvalue weighted by Crippen LogP contribution is -2.07. The van der Waals surface area contributed by atoms with Crippen molar-refractivity contribution in [2.75, 3.05) is 7.11 Å². The minimum atomic E-state index is -0.253. The molecule has 1 aromatic heterocycles. The van der Waals surface area contributed by atoms with Gasteiger partial charge >= 0.3 is 5.97 Å². The predicted octanol–water partition coefficient (Wildman–Crippen LogP) is 1.87. The van der Waals surface area contributed by atoms with Crippen molar-refractivity contribution in [3.8, 4) is 0 Å². The summed E-state index contributed by atoms with van der Waals surface area (Å²) in [7, 11) is 1.38. The summed E-state index contributed by atoms with van der Waals surface area (Å²) in [6.45, 7) is 1.94. The van der Waals surface area contributed by atoms with E-state index in [0.29, 0.717) is 4.60 Å². The number of ether oxygens (including phenoxy) is 1. The standard InChI is InChI=1S/C9H10BrNO2/c1-6-3-4-11-9(10)7(6)5-8(12)13-2/h3-4H,5H2,1-2H3. The van der Waals surface area contributed by atoms with Gasteiger partial charge in [-0.15, -0.1) is 0 Å². The quantitative estimate of drug-likeness (QED) is 0.588. The second kappa shape index (κ2) is 4.37. The van der Waals surface area contributed by atoms with Crippen LogP contribution in [-0.2, 0) is 16.0 Å². The number of aromatic nitrogens is 1. The number of pyridine rings is 1. The summed E-state index contributed by atoms with van der Waals surface area (Å²) in [6.07, 6.45) is 1.96. The summed E-state index contributed by atoms with van der Waals surface area (Å²) >= 11 is 3.29. The first-order valence-electron chi connectivity index (χ1n) is 3.82. The number of aryl methyl sites for hydroxylation is 1. The van der Waals surface area contributed by atoms with E-state index in [0.717, 1.165) is 11.1 Å². The van der Waals surface area contributed by atoms with E-state index in [1.165, 1.54) is 7.11 Å². The van der Waals surface area contributed by atoms with Crippen molar-refractivity contribution in [1.29, 1.82) is 0 Å². The topological polar surface area (TPSA) is 39.2 Å². The molecular weight excluding hydrogens is 234 g/mol. The van der Waals surface area contributed by atoms with Crippen molar-refractivity contribution in [2.45, 2.75) is 13.3 Å². The van der Waals surface area contributed by atoms with Crippen molar-refractivity contribution in [1.82, 2.24) is 4.98 Å². The molecule has 1 heterocycles. The van der Waals surface area contributed by atoms with Crippen LogP contribution in [0, 0.1) is 6.92 Å². The zero-order valence-electron chi connectivity index (χ0n) is 7.50. The lowest BCUT2D eigenvalue weighted by molar-refractivity contribution is -0.139. The fraction of sp³-hybridized carbons (Fsp3) is 0.333. The normalized spacial score (nSPS) is 9.77. The average molecular weight is 244 g/mol. The van der Waals surface area contributed by atoms with Crippen LogP contribution in [0.5, 0.6) is 0 Å². The number of carbonyl (C=O) groups excluding carboxylic acids is 1. The Balaban J connectivity index is 2.93. The fourth-order valence-corrected chi connectivity index (χ4v) is 1.56. The lowest BCUT2D eigenvalue weighted by Gasteiger charge is -2.05. The van der Waals surface area contributed by atoms with Gasteiger partial charge in [0.05, 0.1) is 13.5 Å². The van der Waals surface area contributed by atoms with Crippen molar-refractivity contribution in [3.63, 3.8) is 0 Å². The van der Waals surface area contributed by atoms with Crippen LogP contribution in [0.15, 0.2) is 16.9 Å². The average Bonchev–Trinajstić information content (AvgIpc) is 2.11. The maximum absolute atomic E-state index is 11.0. The van der Waals surface area contributed by atoms with Gasteiger partial charge in [-0.1, -0.05) is 0 Å². The van der Waals surface area contributed by atoms with E-state index in [4.69, 9.17) is 0 Å². The van der Waals surface area contributed by atoms with E-state index < -0.39 is 0 Å². The van der Waals surface area contributed by atoms with E-state index in [-0.39, 0.29) is 12.4 Å². The molecule has 0 saturated carbocycles. The van der Waals surface area contributed by atoms with Gasteiger partial charge in [0, 0.05) is 6.20 Å². The SMILES string of the molecule is COC(=O)Cc1c(C)ccnc1Br. The van der Waals surface area contributed by atoms with Gasteiger partial charge in [-0.2, -0.15) is 0 Å². The highest BCUT2D eigenvalue weighted by atomic mass is 79.9. The summed E-state index contributed by atoms with van der Waals surface area (Å²) in [6, 6.07) is 1.86. The number of carbonyl (C=O) groups is 1. The zero-order valence-corrected chi connectivity index (χ0v) is 9.09. The molecule has 0 atom stereocenters. The second-order valence-corrected chi connectivity index (χ2v) is 3.40.